The predicted molar refractivity (Wildman–Crippen MR) is 104 cm³/mol. The fourth-order valence-corrected chi connectivity index (χ4v) is 3.45. The first kappa shape index (κ1) is 18.4. The van der Waals surface area contributed by atoms with E-state index in [9.17, 15) is 9.59 Å². The van der Waals surface area contributed by atoms with E-state index in [4.69, 9.17) is 0 Å². The molecule has 5 nitrogen and oxygen atoms in total. The molecule has 138 valence electrons. The van der Waals surface area contributed by atoms with Crippen LogP contribution in [0.25, 0.3) is 10.8 Å². The molecular formula is C21H27N3O2. The summed E-state index contributed by atoms with van der Waals surface area (Å²) in [5, 5.41) is 5.38. The molecule has 26 heavy (non-hydrogen) atoms. The van der Waals surface area contributed by atoms with E-state index in [2.05, 4.69) is 29.6 Å². The summed E-state index contributed by atoms with van der Waals surface area (Å²) in [6, 6.07) is 14.4. The summed E-state index contributed by atoms with van der Waals surface area (Å²) < 4.78 is 0. The number of carbonyl (C=O) groups is 2. The smallest absolute Gasteiger partial charge is 0.236 e. The van der Waals surface area contributed by atoms with Gasteiger partial charge in [0.15, 0.2) is 0 Å². The molecule has 2 amide bonds. The Labute approximate surface area is 155 Å². The largest absolute Gasteiger partial charge is 0.348 e. The Kier molecular flexibility index (Phi) is 5.89. The van der Waals surface area contributed by atoms with Crippen molar-refractivity contribution in [3.05, 3.63) is 48.0 Å². The first-order valence-corrected chi connectivity index (χ1v) is 9.27. The second-order valence-electron chi connectivity index (χ2n) is 7.16. The number of nitrogens with zero attached hydrogens (tertiary/aromatic N) is 2. The highest BCUT2D eigenvalue weighted by atomic mass is 16.2. The number of likely N-dealkylation sites (N-methyl/N-ethyl adjacent to an activating group) is 1. The highest BCUT2D eigenvalue weighted by Crippen LogP contribution is 2.20. The van der Waals surface area contributed by atoms with E-state index < -0.39 is 0 Å². The molecule has 2 aromatic rings. The minimum atomic E-state index is -0.0743. The van der Waals surface area contributed by atoms with Crippen molar-refractivity contribution in [1.82, 2.24) is 15.1 Å². The standard InChI is InChI=1S/C21H27N3O2/c1-16(18-10-9-17-7-3-4-8-19(17)13-18)22-20(25)14-23(2)15-21(26)24-11-5-6-12-24/h3-4,7-10,13,16H,5-6,11-12,14-15H2,1-2H3,(H,22,25). The van der Waals surface area contributed by atoms with E-state index in [-0.39, 0.29) is 30.9 Å². The van der Waals surface area contributed by atoms with Gasteiger partial charge in [-0.1, -0.05) is 36.4 Å². The molecule has 0 saturated carbocycles. The maximum absolute atomic E-state index is 12.3. The van der Waals surface area contributed by atoms with Crippen molar-refractivity contribution in [2.75, 3.05) is 33.2 Å². The van der Waals surface area contributed by atoms with Crippen LogP contribution in [0.1, 0.15) is 31.4 Å². The number of carbonyl (C=O) groups excluding carboxylic acids is 2. The summed E-state index contributed by atoms with van der Waals surface area (Å²) >= 11 is 0. The van der Waals surface area contributed by atoms with E-state index in [0.717, 1.165) is 31.5 Å². The Morgan fingerprint density at radius 2 is 1.77 bits per heavy atom. The minimum Gasteiger partial charge on any atom is -0.348 e. The first-order chi connectivity index (χ1) is 12.5. The van der Waals surface area contributed by atoms with E-state index in [0.29, 0.717) is 0 Å². The molecule has 0 aromatic heterocycles. The average Bonchev–Trinajstić information content (AvgIpc) is 3.15. The summed E-state index contributed by atoms with van der Waals surface area (Å²) in [6.07, 6.45) is 2.17. The molecule has 1 heterocycles. The lowest BCUT2D eigenvalue weighted by molar-refractivity contribution is -0.131. The van der Waals surface area contributed by atoms with Crippen LogP contribution in [-0.4, -0.2) is 54.8 Å². The lowest BCUT2D eigenvalue weighted by Gasteiger charge is -2.22. The fourth-order valence-electron chi connectivity index (χ4n) is 3.45. The maximum Gasteiger partial charge on any atom is 0.236 e. The van der Waals surface area contributed by atoms with E-state index >= 15 is 0 Å². The van der Waals surface area contributed by atoms with E-state index in [1.54, 1.807) is 4.90 Å². The predicted octanol–water partition coefficient (Wildman–Crippen LogP) is 2.57. The molecule has 1 saturated heterocycles. The fraction of sp³-hybridized carbons (Fsp3) is 0.429. The third kappa shape index (κ3) is 4.61. The lowest BCUT2D eigenvalue weighted by atomic mass is 10.0. The van der Waals surface area contributed by atoms with Crippen LogP contribution in [0, 0.1) is 0 Å². The third-order valence-corrected chi connectivity index (χ3v) is 4.93. The highest BCUT2D eigenvalue weighted by molar-refractivity contribution is 5.84. The topological polar surface area (TPSA) is 52.7 Å². The summed E-state index contributed by atoms with van der Waals surface area (Å²) in [5.41, 5.74) is 1.08. The van der Waals surface area contributed by atoms with Crippen LogP contribution < -0.4 is 5.32 Å². The lowest BCUT2D eigenvalue weighted by Crippen LogP contribution is -2.42. The Bertz CT molecular complexity index is 784. The van der Waals surface area contributed by atoms with Crippen molar-refractivity contribution in [3.8, 4) is 0 Å². The Morgan fingerprint density at radius 3 is 2.50 bits per heavy atom. The zero-order chi connectivity index (χ0) is 18.5. The van der Waals surface area contributed by atoms with Crippen molar-refractivity contribution in [2.45, 2.75) is 25.8 Å². The van der Waals surface area contributed by atoms with Gasteiger partial charge in [-0.05, 0) is 49.2 Å². The van der Waals surface area contributed by atoms with Gasteiger partial charge >= 0.3 is 0 Å². The van der Waals surface area contributed by atoms with Crippen LogP contribution in [0.15, 0.2) is 42.5 Å². The number of nitrogens with one attached hydrogen (secondary N) is 1. The van der Waals surface area contributed by atoms with Crippen LogP contribution in [0.5, 0.6) is 0 Å². The number of rotatable bonds is 6. The van der Waals surface area contributed by atoms with Crippen LogP contribution in [-0.2, 0) is 9.59 Å². The summed E-state index contributed by atoms with van der Waals surface area (Å²) in [4.78, 5) is 28.1. The van der Waals surface area contributed by atoms with Gasteiger partial charge in [-0.2, -0.15) is 0 Å². The van der Waals surface area contributed by atoms with Crippen LogP contribution in [0.2, 0.25) is 0 Å². The first-order valence-electron chi connectivity index (χ1n) is 9.27. The Balaban J connectivity index is 1.52. The van der Waals surface area contributed by atoms with E-state index in [1.807, 2.05) is 37.1 Å². The van der Waals surface area contributed by atoms with Gasteiger partial charge in [0.05, 0.1) is 19.1 Å². The second-order valence-corrected chi connectivity index (χ2v) is 7.16. The third-order valence-electron chi connectivity index (χ3n) is 4.93. The minimum absolute atomic E-state index is 0.0672. The van der Waals surface area contributed by atoms with Crippen LogP contribution in [0.4, 0.5) is 0 Å². The molecule has 0 aliphatic carbocycles. The summed E-state index contributed by atoms with van der Waals surface area (Å²) in [5.74, 6) is 0.0442. The molecule has 1 unspecified atom stereocenters. The van der Waals surface area contributed by atoms with Crippen molar-refractivity contribution >= 4 is 22.6 Å². The zero-order valence-corrected chi connectivity index (χ0v) is 15.6. The average molecular weight is 353 g/mol. The highest BCUT2D eigenvalue weighted by Gasteiger charge is 2.20. The quantitative estimate of drug-likeness (QED) is 0.868. The van der Waals surface area contributed by atoms with Gasteiger partial charge in [-0.25, -0.2) is 0 Å². The molecule has 3 rings (SSSR count). The number of hydrogen-bond acceptors (Lipinski definition) is 3. The second kappa shape index (κ2) is 8.32. The Hall–Kier alpha value is -2.40. The van der Waals surface area contributed by atoms with Gasteiger partial charge in [0, 0.05) is 13.1 Å². The number of amides is 2. The number of benzene rings is 2. The summed E-state index contributed by atoms with van der Waals surface area (Å²) in [6.45, 7) is 4.18. The van der Waals surface area contributed by atoms with Crippen LogP contribution >= 0.6 is 0 Å². The molecule has 0 bridgehead atoms. The normalized spacial score (nSPS) is 15.4. The monoisotopic (exact) mass is 353 g/mol. The molecule has 1 fully saturated rings. The van der Waals surface area contributed by atoms with Crippen LogP contribution in [0.3, 0.4) is 0 Å². The van der Waals surface area contributed by atoms with Gasteiger partial charge in [0.25, 0.3) is 0 Å². The molecule has 1 aliphatic rings. The molecule has 2 aromatic carbocycles. The van der Waals surface area contributed by atoms with Crippen molar-refractivity contribution in [2.24, 2.45) is 0 Å². The zero-order valence-electron chi connectivity index (χ0n) is 15.6. The van der Waals surface area contributed by atoms with Gasteiger partial charge in [-0.15, -0.1) is 0 Å². The van der Waals surface area contributed by atoms with Gasteiger partial charge in [0.2, 0.25) is 11.8 Å². The number of hydrogen-bond donors (Lipinski definition) is 1. The van der Waals surface area contributed by atoms with Gasteiger partial charge < -0.3 is 10.2 Å². The number of fused-ring (bicyclic) bond motifs is 1. The van der Waals surface area contributed by atoms with Crippen molar-refractivity contribution in [1.29, 1.82) is 0 Å². The van der Waals surface area contributed by atoms with Crippen molar-refractivity contribution in [3.63, 3.8) is 0 Å². The molecule has 1 N–H and O–H groups in total. The molecule has 1 aliphatic heterocycles. The molecule has 0 radical (unpaired) electrons. The molecule has 1 atom stereocenters. The SMILES string of the molecule is CC(NC(=O)CN(C)CC(=O)N1CCCC1)c1ccc2ccccc2c1. The number of likely N-dealkylation sites (tertiary alicyclic amines) is 1. The van der Waals surface area contributed by atoms with Gasteiger partial charge in [-0.3, -0.25) is 14.5 Å². The molecule has 5 heteroatoms. The molecule has 0 spiro atoms. The maximum atomic E-state index is 12.3. The molecular weight excluding hydrogens is 326 g/mol. The van der Waals surface area contributed by atoms with Gasteiger partial charge in [0.1, 0.15) is 0 Å². The Morgan fingerprint density at radius 1 is 1.08 bits per heavy atom. The van der Waals surface area contributed by atoms with E-state index in [1.165, 1.54) is 10.8 Å². The van der Waals surface area contributed by atoms with Crippen molar-refractivity contribution < 1.29 is 9.59 Å². The summed E-state index contributed by atoms with van der Waals surface area (Å²) in [7, 11) is 1.81.